The van der Waals surface area contributed by atoms with E-state index in [0.717, 1.165) is 36.4 Å². The van der Waals surface area contributed by atoms with Gasteiger partial charge in [0.05, 0.1) is 91.1 Å². The standard InChI is InChI=1S/C51H64ClN9O11S/c1-31(2)72-42-28-36(33(5)27-40(42)57-51-55-29-37(52)47(59-51)56-38-10-6-7-12-43(38)73(67,68)32(3)4)34-15-19-60(20-16-34)30-45(63)54-18-22-70-24-26-71-25-23-69-21-17-53-39-11-8-9-35-46(39)50(66)61(49(35)65)41-13-14-44(62)58-48(41)64/h6-12,27-29,31-32,34,41,53H,13-26,30H2,1-5H3,(H,54,63)(H,58,62,64)(H2,55,56,57,59). The molecular formula is C51H64ClN9O11S. The number of nitrogens with one attached hydrogen (secondary N) is 5. The first-order chi connectivity index (χ1) is 35.0. The van der Waals surface area contributed by atoms with Crippen LogP contribution in [0.3, 0.4) is 0 Å². The highest BCUT2D eigenvalue weighted by Gasteiger charge is 2.45. The van der Waals surface area contributed by atoms with E-state index in [1.165, 1.54) is 11.8 Å². The van der Waals surface area contributed by atoms with Crippen molar-refractivity contribution in [2.24, 2.45) is 0 Å². The fraction of sp³-hybridized carbons (Fsp3) is 0.471. The third-order valence-corrected chi connectivity index (χ3v) is 15.0. The largest absolute Gasteiger partial charge is 0.489 e. The van der Waals surface area contributed by atoms with Crippen LogP contribution in [0.1, 0.15) is 91.1 Å². The van der Waals surface area contributed by atoms with E-state index in [9.17, 15) is 32.4 Å². The number of ether oxygens (including phenoxy) is 4. The number of sulfone groups is 1. The number of amides is 5. The van der Waals surface area contributed by atoms with Crippen LogP contribution in [0.5, 0.6) is 5.75 Å². The molecule has 2 saturated heterocycles. The molecule has 22 heteroatoms. The zero-order valence-electron chi connectivity index (χ0n) is 41.8. The molecule has 2 fully saturated rings. The van der Waals surface area contributed by atoms with Crippen LogP contribution < -0.4 is 31.3 Å². The van der Waals surface area contributed by atoms with Crippen molar-refractivity contribution < 1.29 is 51.3 Å². The van der Waals surface area contributed by atoms with E-state index < -0.39 is 44.8 Å². The number of halogens is 1. The van der Waals surface area contributed by atoms with Gasteiger partial charge in [-0.25, -0.2) is 13.4 Å². The molecule has 3 aromatic carbocycles. The topological polar surface area (TPSA) is 249 Å². The van der Waals surface area contributed by atoms with Gasteiger partial charge in [0, 0.05) is 25.2 Å². The van der Waals surface area contributed by atoms with Crippen LogP contribution in [0.2, 0.25) is 5.02 Å². The molecule has 20 nitrogen and oxygen atoms in total. The Morgan fingerprint density at radius 1 is 0.836 bits per heavy atom. The Morgan fingerprint density at radius 2 is 1.52 bits per heavy atom. The molecule has 3 aliphatic heterocycles. The number of rotatable bonds is 25. The summed E-state index contributed by atoms with van der Waals surface area (Å²) in [5.74, 6) is -0.911. The summed E-state index contributed by atoms with van der Waals surface area (Å²) in [5.41, 5.74) is 4.11. The fourth-order valence-corrected chi connectivity index (χ4v) is 10.2. The van der Waals surface area contributed by atoms with E-state index in [1.54, 1.807) is 56.3 Å². The van der Waals surface area contributed by atoms with Crippen molar-refractivity contribution in [3.05, 3.63) is 88.1 Å². The van der Waals surface area contributed by atoms with E-state index >= 15 is 0 Å². The maximum Gasteiger partial charge on any atom is 0.264 e. The van der Waals surface area contributed by atoms with Gasteiger partial charge in [-0.3, -0.25) is 39.1 Å². The number of anilines is 5. The lowest BCUT2D eigenvalue weighted by Crippen LogP contribution is -2.54. The molecule has 4 aromatic rings. The summed E-state index contributed by atoms with van der Waals surface area (Å²) in [7, 11) is -3.59. The van der Waals surface area contributed by atoms with Crippen molar-refractivity contribution in [2.75, 3.05) is 88.3 Å². The maximum absolute atomic E-state index is 13.3. The molecule has 1 unspecified atom stereocenters. The third-order valence-electron chi connectivity index (χ3n) is 12.5. The zero-order valence-corrected chi connectivity index (χ0v) is 43.3. The first-order valence-electron chi connectivity index (χ1n) is 24.5. The lowest BCUT2D eigenvalue weighted by molar-refractivity contribution is -0.136. The number of hydrogen-bond donors (Lipinski definition) is 5. The molecule has 1 aromatic heterocycles. The van der Waals surface area contributed by atoms with Gasteiger partial charge in [0.25, 0.3) is 11.8 Å². The molecule has 0 bridgehead atoms. The van der Waals surface area contributed by atoms with Crippen LogP contribution in [0.25, 0.3) is 0 Å². The van der Waals surface area contributed by atoms with E-state index in [-0.39, 0.29) is 63.6 Å². The quantitative estimate of drug-likeness (QED) is 0.0391. The lowest BCUT2D eigenvalue weighted by Gasteiger charge is -2.32. The second-order valence-electron chi connectivity index (χ2n) is 18.4. The van der Waals surface area contributed by atoms with E-state index in [2.05, 4.69) is 54.4 Å². The number of aromatic nitrogens is 2. The van der Waals surface area contributed by atoms with Crippen LogP contribution in [-0.4, -0.2) is 147 Å². The van der Waals surface area contributed by atoms with Crippen molar-refractivity contribution in [3.8, 4) is 5.75 Å². The molecule has 5 amide bonds. The van der Waals surface area contributed by atoms with Crippen molar-refractivity contribution in [1.29, 1.82) is 0 Å². The van der Waals surface area contributed by atoms with Gasteiger partial charge in [-0.2, -0.15) is 4.98 Å². The Hall–Kier alpha value is -6.23. The molecule has 0 aliphatic carbocycles. The number of benzene rings is 3. The van der Waals surface area contributed by atoms with E-state index in [4.69, 9.17) is 30.5 Å². The number of hydrogen-bond acceptors (Lipinski definition) is 17. The summed E-state index contributed by atoms with van der Waals surface area (Å²) in [6.45, 7) is 13.8. The molecule has 1 atom stereocenters. The second kappa shape index (κ2) is 25.1. The monoisotopic (exact) mass is 1050 g/mol. The molecule has 73 heavy (non-hydrogen) atoms. The Morgan fingerprint density at radius 3 is 2.22 bits per heavy atom. The van der Waals surface area contributed by atoms with Gasteiger partial charge in [-0.1, -0.05) is 29.8 Å². The van der Waals surface area contributed by atoms with E-state index in [1.807, 2.05) is 19.9 Å². The first-order valence-corrected chi connectivity index (χ1v) is 26.5. The summed E-state index contributed by atoms with van der Waals surface area (Å²) < 4.78 is 49.4. The number of fused-ring (bicyclic) bond motifs is 1. The van der Waals surface area contributed by atoms with Crippen LogP contribution in [0.4, 0.5) is 28.8 Å². The number of likely N-dealkylation sites (tertiary alicyclic amines) is 1. The van der Waals surface area contributed by atoms with Gasteiger partial charge in [-0.15, -0.1) is 0 Å². The van der Waals surface area contributed by atoms with Gasteiger partial charge in [-0.05, 0) is 120 Å². The van der Waals surface area contributed by atoms with Crippen molar-refractivity contribution in [3.63, 3.8) is 0 Å². The van der Waals surface area contributed by atoms with Gasteiger partial charge >= 0.3 is 0 Å². The predicted molar refractivity (Wildman–Crippen MR) is 275 cm³/mol. The van der Waals surface area contributed by atoms with Crippen LogP contribution in [-0.2, 0) is 38.4 Å². The number of imide groups is 2. The zero-order chi connectivity index (χ0) is 52.2. The highest BCUT2D eigenvalue weighted by molar-refractivity contribution is 7.92. The Balaban J connectivity index is 0.771. The Kier molecular flexibility index (Phi) is 18.8. The smallest absolute Gasteiger partial charge is 0.264 e. The molecule has 3 aliphatic rings. The fourth-order valence-electron chi connectivity index (χ4n) is 8.81. The minimum absolute atomic E-state index is 0.0492. The average molecular weight is 1050 g/mol. The number of piperidine rings is 2. The molecule has 0 radical (unpaired) electrons. The van der Waals surface area contributed by atoms with Gasteiger partial charge in [0.1, 0.15) is 16.8 Å². The molecule has 7 rings (SSSR count). The molecular weight excluding hydrogens is 982 g/mol. The van der Waals surface area contributed by atoms with Crippen LogP contribution >= 0.6 is 11.6 Å². The third kappa shape index (κ3) is 13.9. The Bertz CT molecular complexity index is 2770. The molecule has 0 saturated carbocycles. The second-order valence-corrected chi connectivity index (χ2v) is 21.3. The minimum Gasteiger partial charge on any atom is -0.489 e. The van der Waals surface area contributed by atoms with Gasteiger partial charge in [0.2, 0.25) is 23.7 Å². The number of carbonyl (C=O) groups is 5. The summed E-state index contributed by atoms with van der Waals surface area (Å²) in [5, 5.41) is 14.3. The average Bonchev–Trinajstić information content (AvgIpc) is 3.61. The van der Waals surface area contributed by atoms with Crippen molar-refractivity contribution in [2.45, 2.75) is 88.5 Å². The molecule has 0 spiro atoms. The molecule has 4 heterocycles. The van der Waals surface area contributed by atoms with Gasteiger partial charge in [0.15, 0.2) is 15.7 Å². The molecule has 5 N–H and O–H groups in total. The predicted octanol–water partition coefficient (Wildman–Crippen LogP) is 5.75. The van der Waals surface area contributed by atoms with E-state index in [0.29, 0.717) is 82.1 Å². The van der Waals surface area contributed by atoms with Crippen LogP contribution in [0.15, 0.2) is 65.7 Å². The Labute approximate surface area is 430 Å². The molecule has 392 valence electrons. The minimum atomic E-state index is -3.59. The first kappa shape index (κ1) is 54.5. The number of aryl methyl sites for hydroxylation is 1. The summed E-state index contributed by atoms with van der Waals surface area (Å²) in [6.07, 6.45) is 3.20. The highest BCUT2D eigenvalue weighted by Crippen LogP contribution is 2.39. The van der Waals surface area contributed by atoms with Crippen LogP contribution in [0, 0.1) is 6.92 Å². The summed E-state index contributed by atoms with van der Waals surface area (Å²) in [6, 6.07) is 14.6. The maximum atomic E-state index is 13.3. The van der Waals surface area contributed by atoms with Crippen molar-refractivity contribution >= 4 is 79.8 Å². The number of nitrogens with zero attached hydrogens (tertiary/aromatic N) is 4. The normalized spacial score (nSPS) is 16.5. The highest BCUT2D eigenvalue weighted by atomic mass is 35.5. The van der Waals surface area contributed by atoms with Crippen molar-refractivity contribution in [1.82, 2.24) is 30.4 Å². The lowest BCUT2D eigenvalue weighted by atomic mass is 9.86. The number of para-hydroxylation sites is 1. The number of carbonyl (C=O) groups excluding carboxylic acids is 5. The summed E-state index contributed by atoms with van der Waals surface area (Å²) in [4.78, 5) is 75.4. The van der Waals surface area contributed by atoms with Gasteiger partial charge < -0.3 is 40.2 Å². The summed E-state index contributed by atoms with van der Waals surface area (Å²) >= 11 is 6.51. The SMILES string of the molecule is Cc1cc(Nc2ncc(Cl)c(Nc3ccccc3S(=O)(=O)C(C)C)n2)c(OC(C)C)cc1C1CCN(CC(=O)NCCOCCOCCOCCNc2cccc3c2C(=O)N(C2CCC(=O)NC2=O)C3=O)CC1.